The molecule has 2 aromatic heterocycles. The first-order valence-corrected chi connectivity index (χ1v) is 11.7. The highest BCUT2D eigenvalue weighted by molar-refractivity contribution is 7.51. The van der Waals surface area contributed by atoms with Crippen molar-refractivity contribution < 1.29 is 34.0 Å². The number of nitrogens with zero attached hydrogens (tertiary/aromatic N) is 4. The van der Waals surface area contributed by atoms with Gasteiger partial charge in [-0.1, -0.05) is 29.7 Å². The lowest BCUT2D eigenvalue weighted by atomic mass is 10.1. The molecule has 0 aromatic carbocycles. The van der Waals surface area contributed by atoms with E-state index in [1.54, 1.807) is 6.07 Å². The van der Waals surface area contributed by atoms with Crippen LogP contribution in [-0.2, 0) is 14.0 Å². The second-order valence-electron chi connectivity index (χ2n) is 7.54. The lowest BCUT2D eigenvalue weighted by molar-refractivity contribution is -0.0665. The first-order chi connectivity index (χ1) is 14.2. The second-order valence-corrected chi connectivity index (χ2v) is 9.51. The average molecular weight is 464 g/mol. The van der Waals surface area contributed by atoms with Gasteiger partial charge in [-0.05, 0) is 12.8 Å². The molecular weight excluding hydrogens is 441 g/mol. The average Bonchev–Trinajstić information content (AvgIpc) is 3.37. The van der Waals surface area contributed by atoms with Gasteiger partial charge in [0.2, 0.25) is 0 Å². The maximum atomic E-state index is 10.9. The molecule has 1 saturated heterocycles. The van der Waals surface area contributed by atoms with Crippen LogP contribution in [0, 0.1) is 0 Å². The van der Waals surface area contributed by atoms with Gasteiger partial charge >= 0.3 is 7.60 Å². The number of pyridine rings is 1. The quantitative estimate of drug-likeness (QED) is 0.287. The zero-order chi connectivity index (χ0) is 21.5. The summed E-state index contributed by atoms with van der Waals surface area (Å²) in [6.07, 6.45) is -1.32. The minimum atomic E-state index is -4.36. The van der Waals surface area contributed by atoms with Gasteiger partial charge in [-0.25, -0.2) is 4.98 Å². The van der Waals surface area contributed by atoms with E-state index in [-0.39, 0.29) is 17.4 Å². The van der Waals surface area contributed by atoms with Crippen LogP contribution in [0.15, 0.2) is 6.07 Å². The third-order valence-electron chi connectivity index (χ3n) is 5.24. The van der Waals surface area contributed by atoms with Crippen LogP contribution < -0.4 is 5.32 Å². The van der Waals surface area contributed by atoms with Crippen molar-refractivity contribution in [3.05, 3.63) is 11.2 Å². The summed E-state index contributed by atoms with van der Waals surface area (Å²) < 4.78 is 22.7. The molecule has 2 aromatic rings. The van der Waals surface area contributed by atoms with E-state index in [0.29, 0.717) is 17.2 Å². The molecule has 4 rings (SSSR count). The number of anilines is 1. The fourth-order valence-corrected chi connectivity index (χ4v) is 4.35. The minimum Gasteiger partial charge on any atom is -0.387 e. The molecule has 166 valence electrons. The number of fused-ring (bicyclic) bond motifs is 1. The molecule has 12 nitrogen and oxygen atoms in total. The normalized spacial score (nSPS) is 27.9. The Hall–Kier alpha value is -1.37. The molecule has 4 atom stereocenters. The molecule has 30 heavy (non-hydrogen) atoms. The van der Waals surface area contributed by atoms with Gasteiger partial charge in [-0.2, -0.15) is 4.68 Å². The topological polar surface area (TPSA) is 172 Å². The summed E-state index contributed by atoms with van der Waals surface area (Å²) in [5.74, 6) is 0. The van der Waals surface area contributed by atoms with Gasteiger partial charge in [0, 0.05) is 12.1 Å². The summed E-state index contributed by atoms with van der Waals surface area (Å²) in [6.45, 7) is -0.324. The van der Waals surface area contributed by atoms with Crippen molar-refractivity contribution in [2.45, 2.75) is 56.3 Å². The van der Waals surface area contributed by atoms with Crippen molar-refractivity contribution in [1.29, 1.82) is 0 Å². The predicted octanol–water partition coefficient (Wildman–Crippen LogP) is 0.605. The van der Waals surface area contributed by atoms with E-state index in [4.69, 9.17) is 30.9 Å². The van der Waals surface area contributed by atoms with Crippen LogP contribution in [-0.4, -0.2) is 77.3 Å². The standard InChI is InChI=1S/C16H23ClN5O7P/c17-11-5-9(18-8-3-1-2-4-8)12-15(19-11)22(21-20-12)16-14(24)13(23)10(29-16)6-28-7-30(25,26)27/h5,8,10,13-14,16,23-24H,1-4,6-7H2,(H,18,19)(H2,25,26,27)/t10-,13-,14-,16-/m1/s1. The van der Waals surface area contributed by atoms with Crippen LogP contribution in [0.3, 0.4) is 0 Å². The number of nitrogens with one attached hydrogen (secondary N) is 1. The Morgan fingerprint density at radius 1 is 1.30 bits per heavy atom. The third kappa shape index (κ3) is 4.61. The number of aliphatic hydroxyl groups excluding tert-OH is 2. The molecule has 0 radical (unpaired) electrons. The number of hydrogen-bond acceptors (Lipinski definition) is 9. The van der Waals surface area contributed by atoms with E-state index in [1.807, 2.05) is 0 Å². The molecule has 2 aliphatic rings. The van der Waals surface area contributed by atoms with E-state index in [0.717, 1.165) is 25.7 Å². The molecule has 0 unspecified atom stereocenters. The van der Waals surface area contributed by atoms with Crippen LogP contribution in [0.5, 0.6) is 0 Å². The summed E-state index contributed by atoms with van der Waals surface area (Å²) in [6, 6.07) is 1.98. The Kier molecular flexibility index (Phi) is 6.29. The summed E-state index contributed by atoms with van der Waals surface area (Å²) in [4.78, 5) is 22.0. The summed E-state index contributed by atoms with van der Waals surface area (Å²) in [7, 11) is -4.36. The molecule has 0 amide bonds. The van der Waals surface area contributed by atoms with Crippen LogP contribution in [0.4, 0.5) is 5.69 Å². The van der Waals surface area contributed by atoms with Crippen LogP contribution in [0.2, 0.25) is 5.15 Å². The molecule has 14 heteroatoms. The Labute approximate surface area is 176 Å². The summed E-state index contributed by atoms with van der Waals surface area (Å²) in [5.41, 5.74) is 1.41. The second kappa shape index (κ2) is 8.64. The zero-order valence-electron chi connectivity index (χ0n) is 15.8. The first-order valence-electron chi connectivity index (χ1n) is 9.55. The molecule has 5 N–H and O–H groups in total. The largest absolute Gasteiger partial charge is 0.387 e. The van der Waals surface area contributed by atoms with Gasteiger partial charge in [-0.15, -0.1) is 5.10 Å². The number of aromatic nitrogens is 4. The van der Waals surface area contributed by atoms with E-state index < -0.39 is 38.5 Å². The Morgan fingerprint density at radius 2 is 2.03 bits per heavy atom. The molecule has 0 spiro atoms. The highest BCUT2D eigenvalue weighted by Gasteiger charge is 2.45. The van der Waals surface area contributed by atoms with Crippen molar-refractivity contribution in [1.82, 2.24) is 20.0 Å². The van der Waals surface area contributed by atoms with Gasteiger partial charge in [0.1, 0.15) is 29.8 Å². The van der Waals surface area contributed by atoms with E-state index in [1.165, 1.54) is 4.68 Å². The SMILES string of the molecule is O=P(O)(O)COC[C@H]1O[C@@H](n2nnc3c(NC4CCCC4)cc(Cl)nc32)[C@H](O)[C@@H]1O. The highest BCUT2D eigenvalue weighted by Crippen LogP contribution is 2.36. The van der Waals surface area contributed by atoms with Crippen molar-refractivity contribution in [3.8, 4) is 0 Å². The zero-order valence-corrected chi connectivity index (χ0v) is 17.5. The Bertz CT molecular complexity index is 949. The summed E-state index contributed by atoms with van der Waals surface area (Å²) in [5, 5.41) is 32.5. The molecular formula is C16H23ClN5O7P. The van der Waals surface area contributed by atoms with Gasteiger partial charge in [0.05, 0.1) is 12.3 Å². The van der Waals surface area contributed by atoms with Gasteiger partial charge in [0.25, 0.3) is 0 Å². The molecule has 3 heterocycles. The fourth-order valence-electron chi connectivity index (χ4n) is 3.82. The Balaban J connectivity index is 1.55. The monoisotopic (exact) mass is 463 g/mol. The molecule has 0 bridgehead atoms. The minimum absolute atomic E-state index is 0.209. The highest BCUT2D eigenvalue weighted by atomic mass is 35.5. The van der Waals surface area contributed by atoms with Crippen molar-refractivity contribution in [2.75, 3.05) is 18.3 Å². The maximum absolute atomic E-state index is 10.9. The lowest BCUT2D eigenvalue weighted by Gasteiger charge is -2.16. The van der Waals surface area contributed by atoms with E-state index in [9.17, 15) is 14.8 Å². The van der Waals surface area contributed by atoms with Crippen molar-refractivity contribution >= 4 is 36.0 Å². The predicted molar refractivity (Wildman–Crippen MR) is 105 cm³/mol. The van der Waals surface area contributed by atoms with Gasteiger partial charge in [0.15, 0.2) is 17.4 Å². The third-order valence-corrected chi connectivity index (χ3v) is 5.95. The summed E-state index contributed by atoms with van der Waals surface area (Å²) >= 11 is 6.18. The van der Waals surface area contributed by atoms with Crippen molar-refractivity contribution in [2.24, 2.45) is 0 Å². The van der Waals surface area contributed by atoms with Gasteiger partial charge in [-0.3, -0.25) is 4.57 Å². The fraction of sp³-hybridized carbons (Fsp3) is 0.688. The van der Waals surface area contributed by atoms with Crippen LogP contribution in [0.1, 0.15) is 31.9 Å². The van der Waals surface area contributed by atoms with Crippen molar-refractivity contribution in [3.63, 3.8) is 0 Å². The molecule has 1 aliphatic heterocycles. The number of hydrogen-bond donors (Lipinski definition) is 5. The smallest absolute Gasteiger partial charge is 0.350 e. The number of ether oxygens (including phenoxy) is 2. The lowest BCUT2D eigenvalue weighted by Crippen LogP contribution is -2.34. The number of aliphatic hydroxyl groups is 2. The van der Waals surface area contributed by atoms with E-state index >= 15 is 0 Å². The first kappa shape index (κ1) is 21.8. The maximum Gasteiger partial charge on any atom is 0.350 e. The van der Waals surface area contributed by atoms with Crippen LogP contribution >= 0.6 is 19.2 Å². The van der Waals surface area contributed by atoms with Crippen LogP contribution in [0.25, 0.3) is 11.2 Å². The van der Waals surface area contributed by atoms with E-state index in [2.05, 4.69) is 20.6 Å². The molecule has 2 fully saturated rings. The number of rotatable bonds is 7. The van der Waals surface area contributed by atoms with Gasteiger partial charge < -0.3 is 34.8 Å². The Morgan fingerprint density at radius 3 is 2.73 bits per heavy atom. The number of halogens is 1. The molecule has 1 saturated carbocycles. The molecule has 1 aliphatic carbocycles.